The zero-order chi connectivity index (χ0) is 18.1. The number of aliphatic carboxylic acids is 1. The molecule has 1 saturated heterocycles. The number of aryl methyl sites for hydroxylation is 1. The van der Waals surface area contributed by atoms with Crippen LogP contribution in [0.25, 0.3) is 0 Å². The van der Waals surface area contributed by atoms with Gasteiger partial charge in [-0.25, -0.2) is 0 Å². The second-order valence-corrected chi connectivity index (χ2v) is 6.03. The van der Waals surface area contributed by atoms with Gasteiger partial charge in [0.05, 0.1) is 17.9 Å². The number of halogens is 3. The fourth-order valence-corrected chi connectivity index (χ4v) is 2.85. The number of rotatable bonds is 4. The fraction of sp³-hybridized carbons (Fsp3) is 0.500. The smallest absolute Gasteiger partial charge is 0.393 e. The highest BCUT2D eigenvalue weighted by Crippen LogP contribution is 2.38. The van der Waals surface area contributed by atoms with Gasteiger partial charge in [-0.05, 0) is 25.5 Å². The average Bonchev–Trinajstić information content (AvgIpc) is 2.94. The van der Waals surface area contributed by atoms with Crippen molar-refractivity contribution in [2.75, 3.05) is 18.4 Å². The molecular weight excluding hydrogens is 325 g/mol. The van der Waals surface area contributed by atoms with E-state index in [0.29, 0.717) is 5.69 Å². The van der Waals surface area contributed by atoms with Gasteiger partial charge >= 0.3 is 12.1 Å². The summed E-state index contributed by atoms with van der Waals surface area (Å²) in [5.74, 6) is -5.48. The second-order valence-electron chi connectivity index (χ2n) is 6.03. The summed E-state index contributed by atoms with van der Waals surface area (Å²) in [7, 11) is 0. The van der Waals surface area contributed by atoms with Crippen molar-refractivity contribution in [3.8, 4) is 0 Å². The lowest BCUT2D eigenvalue weighted by atomic mass is 9.96. The van der Waals surface area contributed by atoms with E-state index in [1.54, 1.807) is 31.2 Å². The number of carbonyl (C=O) groups excluding carboxylic acids is 1. The topological polar surface area (TPSA) is 69.6 Å². The van der Waals surface area contributed by atoms with Crippen molar-refractivity contribution in [3.63, 3.8) is 0 Å². The summed E-state index contributed by atoms with van der Waals surface area (Å²) < 4.78 is 39.1. The fourth-order valence-electron chi connectivity index (χ4n) is 2.85. The highest BCUT2D eigenvalue weighted by atomic mass is 19.4. The maximum absolute atomic E-state index is 13.0. The summed E-state index contributed by atoms with van der Waals surface area (Å²) in [6, 6.07) is 6.18. The number of carboxylic acids is 1. The first-order valence-corrected chi connectivity index (χ1v) is 7.51. The third-order valence-electron chi connectivity index (χ3n) is 4.42. The molecule has 3 atom stereocenters. The van der Waals surface area contributed by atoms with Crippen LogP contribution in [-0.2, 0) is 9.59 Å². The third kappa shape index (κ3) is 3.87. The molecule has 0 spiro atoms. The minimum atomic E-state index is -4.61. The SMILES string of the molecule is Cc1ccccc1NC(=O)C(C)N1C[C@@H](C(F)(F)F)[C@H](C(=O)O)C1. The van der Waals surface area contributed by atoms with E-state index >= 15 is 0 Å². The number of likely N-dealkylation sites (tertiary alicyclic amines) is 1. The molecule has 1 aliphatic heterocycles. The lowest BCUT2D eigenvalue weighted by Crippen LogP contribution is -2.41. The quantitative estimate of drug-likeness (QED) is 0.881. The van der Waals surface area contributed by atoms with Gasteiger partial charge < -0.3 is 10.4 Å². The highest BCUT2D eigenvalue weighted by molar-refractivity contribution is 5.95. The summed E-state index contributed by atoms with van der Waals surface area (Å²) in [5.41, 5.74) is 1.41. The van der Waals surface area contributed by atoms with Gasteiger partial charge in [-0.15, -0.1) is 0 Å². The van der Waals surface area contributed by atoms with E-state index in [1.807, 2.05) is 0 Å². The van der Waals surface area contributed by atoms with Crippen LogP contribution in [0.15, 0.2) is 24.3 Å². The van der Waals surface area contributed by atoms with Crippen LogP contribution in [0.2, 0.25) is 0 Å². The Hall–Kier alpha value is -2.09. The van der Waals surface area contributed by atoms with Crippen LogP contribution in [0.3, 0.4) is 0 Å². The number of alkyl halides is 3. The Kier molecular flexibility index (Phi) is 5.17. The van der Waals surface area contributed by atoms with E-state index in [-0.39, 0.29) is 6.54 Å². The van der Waals surface area contributed by atoms with Crippen LogP contribution in [-0.4, -0.2) is 47.2 Å². The van der Waals surface area contributed by atoms with Gasteiger partial charge in [-0.3, -0.25) is 14.5 Å². The van der Waals surface area contributed by atoms with Crippen LogP contribution in [0, 0.1) is 18.8 Å². The number of carboxylic acid groups (broad SMARTS) is 1. The van der Waals surface area contributed by atoms with Crippen molar-refractivity contribution < 1.29 is 27.9 Å². The normalized spacial score (nSPS) is 23.0. The highest BCUT2D eigenvalue weighted by Gasteiger charge is 2.53. The first-order valence-electron chi connectivity index (χ1n) is 7.51. The molecule has 1 aromatic carbocycles. The number of nitrogens with zero attached hydrogens (tertiary/aromatic N) is 1. The first-order chi connectivity index (χ1) is 11.1. The van der Waals surface area contributed by atoms with Crippen molar-refractivity contribution in [3.05, 3.63) is 29.8 Å². The molecule has 0 aromatic heterocycles. The number of amides is 1. The Bertz CT molecular complexity index is 633. The van der Waals surface area contributed by atoms with Gasteiger partial charge in [-0.2, -0.15) is 13.2 Å². The molecule has 0 saturated carbocycles. The van der Waals surface area contributed by atoms with Crippen molar-refractivity contribution >= 4 is 17.6 Å². The number of para-hydroxylation sites is 1. The molecule has 2 rings (SSSR count). The van der Waals surface area contributed by atoms with E-state index in [0.717, 1.165) is 5.56 Å². The van der Waals surface area contributed by atoms with Crippen molar-refractivity contribution in [2.24, 2.45) is 11.8 Å². The summed E-state index contributed by atoms with van der Waals surface area (Å²) in [6.45, 7) is 2.48. The molecule has 8 heteroatoms. The molecule has 1 unspecified atom stereocenters. The molecule has 0 radical (unpaired) electrons. The third-order valence-corrected chi connectivity index (χ3v) is 4.42. The van der Waals surface area contributed by atoms with E-state index in [9.17, 15) is 22.8 Å². The monoisotopic (exact) mass is 344 g/mol. The van der Waals surface area contributed by atoms with E-state index in [4.69, 9.17) is 5.11 Å². The van der Waals surface area contributed by atoms with Crippen molar-refractivity contribution in [2.45, 2.75) is 26.1 Å². The molecule has 0 aliphatic carbocycles. The van der Waals surface area contributed by atoms with Crippen molar-refractivity contribution in [1.29, 1.82) is 0 Å². The molecule has 132 valence electrons. The molecule has 1 fully saturated rings. The van der Waals surface area contributed by atoms with Crippen LogP contribution in [0.5, 0.6) is 0 Å². The molecular formula is C16H19F3N2O3. The van der Waals surface area contributed by atoms with Gasteiger partial charge in [0, 0.05) is 18.8 Å². The summed E-state index contributed by atoms with van der Waals surface area (Å²) in [5, 5.41) is 11.7. The van der Waals surface area contributed by atoms with Crippen LogP contribution >= 0.6 is 0 Å². The van der Waals surface area contributed by atoms with Gasteiger partial charge in [0.15, 0.2) is 0 Å². The van der Waals surface area contributed by atoms with E-state index < -0.39 is 42.5 Å². The van der Waals surface area contributed by atoms with Crippen LogP contribution in [0.4, 0.5) is 18.9 Å². The Balaban J connectivity index is 2.09. The van der Waals surface area contributed by atoms with E-state index in [1.165, 1.54) is 11.8 Å². The minimum Gasteiger partial charge on any atom is -0.481 e. The second kappa shape index (κ2) is 6.80. The summed E-state index contributed by atoms with van der Waals surface area (Å²) in [6.07, 6.45) is -4.61. The summed E-state index contributed by atoms with van der Waals surface area (Å²) in [4.78, 5) is 24.7. The predicted octanol–water partition coefficient (Wildman–Crippen LogP) is 2.52. The lowest BCUT2D eigenvalue weighted by molar-refractivity contribution is -0.188. The van der Waals surface area contributed by atoms with Gasteiger partial charge in [0.25, 0.3) is 0 Å². The summed E-state index contributed by atoms with van der Waals surface area (Å²) >= 11 is 0. The van der Waals surface area contributed by atoms with Crippen LogP contribution in [0.1, 0.15) is 12.5 Å². The molecule has 1 amide bonds. The van der Waals surface area contributed by atoms with Gasteiger partial charge in [0.2, 0.25) is 5.91 Å². The number of nitrogens with one attached hydrogen (secondary N) is 1. The average molecular weight is 344 g/mol. The maximum atomic E-state index is 13.0. The van der Waals surface area contributed by atoms with E-state index in [2.05, 4.69) is 5.32 Å². The predicted molar refractivity (Wildman–Crippen MR) is 81.5 cm³/mol. The molecule has 5 nitrogen and oxygen atoms in total. The lowest BCUT2D eigenvalue weighted by Gasteiger charge is -2.24. The van der Waals surface area contributed by atoms with Crippen LogP contribution < -0.4 is 5.32 Å². The molecule has 1 aromatic rings. The number of hydrogen-bond acceptors (Lipinski definition) is 3. The number of benzene rings is 1. The first kappa shape index (κ1) is 18.3. The Morgan fingerprint density at radius 1 is 1.29 bits per heavy atom. The molecule has 24 heavy (non-hydrogen) atoms. The maximum Gasteiger partial charge on any atom is 0.393 e. The molecule has 1 heterocycles. The number of anilines is 1. The Morgan fingerprint density at radius 3 is 2.42 bits per heavy atom. The number of carbonyl (C=O) groups is 2. The Morgan fingerprint density at radius 2 is 1.92 bits per heavy atom. The molecule has 0 bridgehead atoms. The minimum absolute atomic E-state index is 0.304. The van der Waals surface area contributed by atoms with Crippen molar-refractivity contribution in [1.82, 2.24) is 4.90 Å². The number of hydrogen-bond donors (Lipinski definition) is 2. The van der Waals surface area contributed by atoms with Gasteiger partial charge in [0.1, 0.15) is 0 Å². The zero-order valence-corrected chi connectivity index (χ0v) is 13.3. The Labute approximate surface area is 137 Å². The zero-order valence-electron chi connectivity index (χ0n) is 13.3. The molecule has 2 N–H and O–H groups in total. The molecule has 1 aliphatic rings. The van der Waals surface area contributed by atoms with Gasteiger partial charge in [-0.1, -0.05) is 18.2 Å². The standard InChI is InChI=1S/C16H19F3N2O3/c1-9-5-3-4-6-13(9)20-14(22)10(2)21-7-11(15(23)24)12(8-21)16(17,18)19/h3-6,10-12H,7-8H2,1-2H3,(H,20,22)(H,23,24)/t10?,11-,12-/m1/s1. The largest absolute Gasteiger partial charge is 0.481 e.